The van der Waals surface area contributed by atoms with Gasteiger partial charge in [0.15, 0.2) is 0 Å². The van der Waals surface area contributed by atoms with E-state index in [1.807, 2.05) is 19.1 Å². The lowest BCUT2D eigenvalue weighted by atomic mass is 10.0. The minimum absolute atomic E-state index is 0.278. The summed E-state index contributed by atoms with van der Waals surface area (Å²) in [6.07, 6.45) is 1.09. The zero-order chi connectivity index (χ0) is 30.5. The fourth-order valence-corrected chi connectivity index (χ4v) is 5.06. The van der Waals surface area contributed by atoms with Crippen LogP contribution in [-0.4, -0.2) is 41.0 Å². The molecule has 43 heavy (non-hydrogen) atoms. The van der Waals surface area contributed by atoms with Crippen LogP contribution >= 0.6 is 0 Å². The minimum Gasteiger partial charge on any atom is -0.439 e. The molecule has 0 unspecified atom stereocenters. The molecule has 0 saturated carbocycles. The van der Waals surface area contributed by atoms with Gasteiger partial charge in [-0.2, -0.15) is 0 Å². The first-order valence-electron chi connectivity index (χ1n) is 13.7. The standard InChI is InChI=1S/C32H29F3N5O3/c1-20-21(10-11-30(37-20)43-25-8-3-2-4-9-25)19-39-14-12-23(13-15-39)40(24-7-5-6-22(33)16-24)32(42)38-29-17-26(31(36)41)27(34)18-28(29)35/h3-11,16-18,23H,12-15,19H2,1H3,(H2,36,41)(H,38,42). The van der Waals surface area contributed by atoms with Crippen molar-refractivity contribution in [3.8, 4) is 11.6 Å². The number of piperidine rings is 1. The van der Waals surface area contributed by atoms with Crippen molar-refractivity contribution < 1.29 is 27.5 Å². The molecule has 4 aromatic rings. The summed E-state index contributed by atoms with van der Waals surface area (Å²) in [5, 5.41) is 2.41. The molecule has 1 aromatic heterocycles. The highest BCUT2D eigenvalue weighted by Gasteiger charge is 2.30. The van der Waals surface area contributed by atoms with Crippen molar-refractivity contribution in [3.63, 3.8) is 0 Å². The summed E-state index contributed by atoms with van der Waals surface area (Å²) in [4.78, 5) is 33.2. The fourth-order valence-electron chi connectivity index (χ4n) is 5.06. The highest BCUT2D eigenvalue weighted by atomic mass is 19.1. The topological polar surface area (TPSA) is 101 Å². The number of primary amides is 1. The van der Waals surface area contributed by atoms with Gasteiger partial charge in [0.1, 0.15) is 23.2 Å². The van der Waals surface area contributed by atoms with Crippen LogP contribution in [0.1, 0.15) is 34.5 Å². The van der Waals surface area contributed by atoms with Crippen LogP contribution in [0.5, 0.6) is 11.6 Å². The maximum atomic E-state index is 14.5. The molecule has 0 atom stereocenters. The van der Waals surface area contributed by atoms with E-state index in [1.54, 1.807) is 30.3 Å². The Hall–Kier alpha value is -4.90. The van der Waals surface area contributed by atoms with E-state index in [0.29, 0.717) is 50.2 Å². The molecule has 0 bridgehead atoms. The molecule has 2 heterocycles. The van der Waals surface area contributed by atoms with Gasteiger partial charge in [0.05, 0.1) is 11.3 Å². The van der Waals surface area contributed by atoms with E-state index in [9.17, 15) is 22.8 Å². The largest absolute Gasteiger partial charge is 0.439 e. The van der Waals surface area contributed by atoms with E-state index < -0.39 is 40.6 Å². The first-order chi connectivity index (χ1) is 20.7. The maximum Gasteiger partial charge on any atom is 0.326 e. The number of benzene rings is 3. The quantitative estimate of drug-likeness (QED) is 0.255. The molecule has 11 heteroatoms. The van der Waals surface area contributed by atoms with Crippen molar-refractivity contribution >= 4 is 23.3 Å². The first-order valence-corrected chi connectivity index (χ1v) is 13.7. The number of rotatable bonds is 8. The SMILES string of the molecule is Cc1nc(Oc2cc[c]cc2)ccc1CN1CCC(N(C(=O)Nc2cc(C(N)=O)c(F)cc2F)c2cccc(F)c2)CC1. The number of nitrogens with zero attached hydrogens (tertiary/aromatic N) is 3. The number of amides is 3. The third kappa shape index (κ3) is 7.12. The minimum atomic E-state index is -1.14. The van der Waals surface area contributed by atoms with Gasteiger partial charge in [-0.15, -0.1) is 0 Å². The fraction of sp³-hybridized carbons (Fsp3) is 0.219. The van der Waals surface area contributed by atoms with Gasteiger partial charge in [-0.3, -0.25) is 14.6 Å². The van der Waals surface area contributed by atoms with Crippen LogP contribution < -0.4 is 20.7 Å². The van der Waals surface area contributed by atoms with Crippen LogP contribution in [0.25, 0.3) is 0 Å². The summed E-state index contributed by atoms with van der Waals surface area (Å²) in [6, 6.07) is 19.6. The molecule has 3 amide bonds. The van der Waals surface area contributed by atoms with Gasteiger partial charge < -0.3 is 15.8 Å². The molecule has 1 saturated heterocycles. The molecule has 1 aliphatic heterocycles. The monoisotopic (exact) mass is 588 g/mol. The van der Waals surface area contributed by atoms with Crippen molar-refractivity contribution in [1.29, 1.82) is 0 Å². The third-order valence-electron chi connectivity index (χ3n) is 7.26. The van der Waals surface area contributed by atoms with Crippen LogP contribution in [0, 0.1) is 30.4 Å². The smallest absolute Gasteiger partial charge is 0.326 e. The Morgan fingerprint density at radius 1 is 1.05 bits per heavy atom. The normalized spacial score (nSPS) is 13.9. The van der Waals surface area contributed by atoms with Crippen molar-refractivity contribution in [2.75, 3.05) is 23.3 Å². The number of carbonyl (C=O) groups excluding carboxylic acids is 2. The molecular weight excluding hydrogens is 559 g/mol. The number of aromatic nitrogens is 1. The molecule has 8 nitrogen and oxygen atoms in total. The van der Waals surface area contributed by atoms with Crippen LogP contribution in [-0.2, 0) is 6.54 Å². The highest BCUT2D eigenvalue weighted by Crippen LogP contribution is 2.28. The summed E-state index contributed by atoms with van der Waals surface area (Å²) < 4.78 is 48.5. The van der Waals surface area contributed by atoms with Gasteiger partial charge in [0.25, 0.3) is 5.91 Å². The predicted octanol–water partition coefficient (Wildman–Crippen LogP) is 6.20. The number of anilines is 2. The lowest BCUT2D eigenvalue weighted by molar-refractivity contribution is 0.0996. The predicted molar refractivity (Wildman–Crippen MR) is 155 cm³/mol. The number of ether oxygens (including phenoxy) is 1. The number of pyridine rings is 1. The summed E-state index contributed by atoms with van der Waals surface area (Å²) in [5.74, 6) is -2.71. The number of nitrogens with two attached hydrogens (primary N) is 1. The van der Waals surface area contributed by atoms with Crippen LogP contribution in [0.2, 0.25) is 0 Å². The second-order valence-corrected chi connectivity index (χ2v) is 10.2. The summed E-state index contributed by atoms with van der Waals surface area (Å²) in [5.41, 5.74) is 6.34. The molecule has 0 aliphatic carbocycles. The van der Waals surface area contributed by atoms with Crippen molar-refractivity contribution in [2.45, 2.75) is 32.4 Å². The molecule has 1 radical (unpaired) electrons. The molecule has 3 N–H and O–H groups in total. The summed E-state index contributed by atoms with van der Waals surface area (Å²) in [7, 11) is 0. The number of halogens is 3. The van der Waals surface area contributed by atoms with E-state index in [0.717, 1.165) is 17.3 Å². The van der Waals surface area contributed by atoms with E-state index in [4.69, 9.17) is 10.5 Å². The zero-order valence-corrected chi connectivity index (χ0v) is 23.3. The van der Waals surface area contributed by atoms with E-state index >= 15 is 0 Å². The first kappa shape index (κ1) is 29.6. The van der Waals surface area contributed by atoms with Crippen molar-refractivity contribution in [1.82, 2.24) is 9.88 Å². The lowest BCUT2D eigenvalue weighted by Gasteiger charge is -2.38. The molecule has 221 valence electrons. The van der Waals surface area contributed by atoms with Crippen molar-refractivity contribution in [3.05, 3.63) is 113 Å². The average Bonchev–Trinajstić information content (AvgIpc) is 2.97. The zero-order valence-electron chi connectivity index (χ0n) is 23.3. The van der Waals surface area contributed by atoms with Gasteiger partial charge in [0, 0.05) is 49.2 Å². The van der Waals surface area contributed by atoms with Gasteiger partial charge in [0.2, 0.25) is 5.88 Å². The summed E-state index contributed by atoms with van der Waals surface area (Å²) >= 11 is 0. The van der Waals surface area contributed by atoms with E-state index in [-0.39, 0.29) is 11.7 Å². The number of likely N-dealkylation sites (tertiary alicyclic amines) is 1. The number of urea groups is 1. The Morgan fingerprint density at radius 3 is 2.47 bits per heavy atom. The molecule has 5 rings (SSSR count). The van der Waals surface area contributed by atoms with E-state index in [1.165, 1.54) is 23.1 Å². The van der Waals surface area contributed by atoms with Crippen molar-refractivity contribution in [2.24, 2.45) is 5.73 Å². The maximum absolute atomic E-state index is 14.5. The van der Waals surface area contributed by atoms with Crippen LogP contribution in [0.3, 0.4) is 0 Å². The van der Waals surface area contributed by atoms with Gasteiger partial charge in [-0.1, -0.05) is 24.3 Å². The number of nitrogens with one attached hydrogen (secondary N) is 1. The number of carbonyl (C=O) groups is 2. The van der Waals surface area contributed by atoms with Gasteiger partial charge in [-0.25, -0.2) is 22.9 Å². The highest BCUT2D eigenvalue weighted by molar-refractivity contribution is 6.03. The lowest BCUT2D eigenvalue weighted by Crippen LogP contribution is -2.49. The summed E-state index contributed by atoms with van der Waals surface area (Å²) in [6.45, 7) is 3.80. The van der Waals surface area contributed by atoms with Gasteiger partial charge in [-0.05, 0) is 67.8 Å². The van der Waals surface area contributed by atoms with E-state index in [2.05, 4.69) is 21.3 Å². The van der Waals surface area contributed by atoms with Crippen LogP contribution in [0.15, 0.2) is 72.8 Å². The molecular formula is C32H29F3N5O3. The Balaban J connectivity index is 1.28. The van der Waals surface area contributed by atoms with Crippen LogP contribution in [0.4, 0.5) is 29.3 Å². The Kier molecular flexibility index (Phi) is 8.91. The third-order valence-corrected chi connectivity index (χ3v) is 7.26. The second kappa shape index (κ2) is 13.0. The second-order valence-electron chi connectivity index (χ2n) is 10.2. The Bertz CT molecular complexity index is 1630. The Morgan fingerprint density at radius 2 is 1.79 bits per heavy atom. The van der Waals surface area contributed by atoms with Gasteiger partial charge >= 0.3 is 6.03 Å². The molecule has 1 aliphatic rings. The number of hydrogen-bond acceptors (Lipinski definition) is 5. The number of hydrogen-bond donors (Lipinski definition) is 2. The Labute approximate surface area is 246 Å². The molecule has 1 fully saturated rings. The number of aryl methyl sites for hydroxylation is 1. The molecule has 3 aromatic carbocycles. The molecule has 0 spiro atoms. The average molecular weight is 589 g/mol.